The number of amides is 3. The number of nitrogen functional groups attached to an aromatic ring is 1. The van der Waals surface area contributed by atoms with Gasteiger partial charge in [0.2, 0.25) is 0 Å². The van der Waals surface area contributed by atoms with Crippen LogP contribution in [-0.4, -0.2) is 84.8 Å². The molecule has 0 unspecified atom stereocenters. The fraction of sp³-hybridized carbons (Fsp3) is 0.385. The minimum Gasteiger partial charge on any atom is -1.00 e. The molecule has 1 aliphatic heterocycles. The molecule has 1 fully saturated rings. The molecule has 2 atom stereocenters. The van der Waals surface area contributed by atoms with Gasteiger partial charge in [-0.25, -0.2) is 18.8 Å². The topological polar surface area (TPSA) is 260 Å². The van der Waals surface area contributed by atoms with Crippen LogP contribution in [-0.2, 0) is 43.1 Å². The van der Waals surface area contributed by atoms with Crippen LogP contribution in [0.1, 0.15) is 12.9 Å². The van der Waals surface area contributed by atoms with Crippen LogP contribution < -0.4 is 46.3 Å². The smallest absolute Gasteiger partial charge is 1.00 e. The Balaban J connectivity index is 0.00000306. The number of nitrogens with zero attached hydrogens (tertiary/aromatic N) is 7. The Hall–Kier alpha value is -2.91. The van der Waals surface area contributed by atoms with Gasteiger partial charge < -0.3 is 27.8 Å². The van der Waals surface area contributed by atoms with Gasteiger partial charge >= 0.3 is 46.0 Å². The molecule has 0 radical (unpaired) electrons. The summed E-state index contributed by atoms with van der Waals surface area (Å²) in [7, 11) is -3.45. The summed E-state index contributed by atoms with van der Waals surface area (Å²) in [5, 5.41) is 18.2. The maximum atomic E-state index is 12.8. The number of nitrogens with two attached hydrogens (primary N) is 2. The molecule has 18 nitrogen and oxygen atoms in total. The van der Waals surface area contributed by atoms with Crippen LogP contribution in [0.2, 0.25) is 0 Å². The first kappa shape index (κ1) is 27.3. The summed E-state index contributed by atoms with van der Waals surface area (Å²) in [6.07, 6.45) is -1.26. The number of hydrogen-bond donors (Lipinski definition) is 4. The van der Waals surface area contributed by atoms with Gasteiger partial charge in [-0.05, 0) is 10.4 Å². The van der Waals surface area contributed by atoms with E-state index in [1.165, 1.54) is 10.1 Å². The van der Waals surface area contributed by atoms with Crippen LogP contribution in [0.5, 0.6) is 0 Å². The maximum absolute atomic E-state index is 12.8. The van der Waals surface area contributed by atoms with Gasteiger partial charge in [0.05, 0.1) is 0 Å². The number of aryl methyl sites for hydroxylation is 1. The molecule has 6 N–H and O–H groups in total. The third kappa shape index (κ3) is 6.15. The number of hydrogen-bond acceptors (Lipinski definition) is 14. The van der Waals surface area contributed by atoms with Crippen LogP contribution >= 0.6 is 11.3 Å². The monoisotopic (exact) mass is 528 g/mol. The molecule has 2 aromatic rings. The molecule has 3 amide bonds. The van der Waals surface area contributed by atoms with Crippen molar-refractivity contribution >= 4 is 50.4 Å². The molecule has 0 spiro atoms. The van der Waals surface area contributed by atoms with E-state index in [1.54, 1.807) is 7.05 Å². The van der Waals surface area contributed by atoms with Gasteiger partial charge in [-0.2, -0.15) is 8.42 Å². The molecule has 34 heavy (non-hydrogen) atoms. The fourth-order valence-electron chi connectivity index (χ4n) is 2.63. The number of ether oxygens (including phenoxy) is 1. The van der Waals surface area contributed by atoms with Gasteiger partial charge in [0.25, 0.3) is 11.8 Å². The third-order valence-electron chi connectivity index (χ3n) is 4.14. The molecule has 2 aromatic heterocycles. The Labute approximate surface area is 218 Å². The second-order valence-electron chi connectivity index (χ2n) is 6.26. The van der Waals surface area contributed by atoms with E-state index < -0.39 is 52.6 Å². The SMILES string of the molecule is Cn1nnnc1CON=C(C(=O)N[C@@H]1C(=O)N(S(=O)(=O)O)[C@@H]1COC(N)=O)c1csc(N)n1.[H-].[Na+]. The summed E-state index contributed by atoms with van der Waals surface area (Å²) in [6, 6.07) is -2.97. The zero-order valence-corrected chi connectivity index (χ0v) is 21.2. The number of carbonyl (C=O) groups is 3. The van der Waals surface area contributed by atoms with E-state index in [0.717, 1.165) is 11.3 Å². The molecule has 0 aliphatic carbocycles. The molecule has 180 valence electrons. The van der Waals surface area contributed by atoms with E-state index in [9.17, 15) is 27.4 Å². The van der Waals surface area contributed by atoms with Crippen LogP contribution in [0, 0.1) is 0 Å². The second-order valence-corrected chi connectivity index (χ2v) is 8.44. The van der Waals surface area contributed by atoms with Crippen LogP contribution in [0.4, 0.5) is 9.93 Å². The number of β-lactam (4-membered cyclic amide) rings is 1. The van der Waals surface area contributed by atoms with Gasteiger partial charge in [0.1, 0.15) is 24.4 Å². The summed E-state index contributed by atoms with van der Waals surface area (Å²) in [6.45, 7) is -0.953. The minimum absolute atomic E-state index is 0. The van der Waals surface area contributed by atoms with E-state index in [0.29, 0.717) is 0 Å². The summed E-state index contributed by atoms with van der Waals surface area (Å²) in [5.41, 5.74) is 10.0. The van der Waals surface area contributed by atoms with E-state index in [1.807, 2.05) is 0 Å². The van der Waals surface area contributed by atoms with Gasteiger partial charge in [-0.3, -0.25) is 14.1 Å². The zero-order valence-electron chi connectivity index (χ0n) is 18.6. The molecule has 3 rings (SSSR count). The van der Waals surface area contributed by atoms with Crippen LogP contribution in [0.25, 0.3) is 0 Å². The second kappa shape index (κ2) is 11.0. The molecule has 1 saturated heterocycles. The first-order valence-electron chi connectivity index (χ1n) is 8.65. The Kier molecular flexibility index (Phi) is 8.85. The third-order valence-corrected chi connectivity index (χ3v) is 5.76. The molecule has 0 bridgehead atoms. The van der Waals surface area contributed by atoms with Crippen molar-refractivity contribution in [2.24, 2.45) is 17.9 Å². The van der Waals surface area contributed by atoms with Crippen molar-refractivity contribution in [3.8, 4) is 0 Å². The number of anilines is 1. The standard InChI is InChI=1S/C13H16N10O8S2.Na.H/c1-22-7(18-20-21-22)3-31-19-8(5-4-32-12(14)16-5)10(24)17-9-6(2-30-13(15)26)23(11(9)25)33(27,28)29;;/h4,6,9H,2-3H2,1H3,(H2,14,16)(H2,15,26)(H,17,24)(H,27,28,29);;/q;+1;-1/t6-,9+;;/m1../s1. The summed E-state index contributed by atoms with van der Waals surface area (Å²) in [4.78, 5) is 45.0. The van der Waals surface area contributed by atoms with Gasteiger partial charge in [0.15, 0.2) is 23.3 Å². The van der Waals surface area contributed by atoms with Crippen molar-refractivity contribution in [3.63, 3.8) is 0 Å². The van der Waals surface area contributed by atoms with Crippen molar-refractivity contribution in [2.75, 3.05) is 12.3 Å². The van der Waals surface area contributed by atoms with Crippen molar-refractivity contribution < 1.29 is 67.9 Å². The maximum Gasteiger partial charge on any atom is 1.00 e. The molecule has 1 aliphatic rings. The summed E-state index contributed by atoms with van der Waals surface area (Å²) in [5.74, 6) is -1.92. The zero-order chi connectivity index (χ0) is 24.3. The molecule has 0 aromatic carbocycles. The number of tetrazole rings is 1. The average Bonchev–Trinajstić information content (AvgIpc) is 3.32. The minimum atomic E-state index is -5.00. The number of oxime groups is 1. The van der Waals surface area contributed by atoms with Gasteiger partial charge in [0, 0.05) is 12.4 Å². The number of nitrogens with one attached hydrogen (secondary N) is 1. The van der Waals surface area contributed by atoms with E-state index in [-0.39, 0.29) is 58.5 Å². The molecule has 21 heteroatoms. The van der Waals surface area contributed by atoms with E-state index in [2.05, 4.69) is 35.7 Å². The summed E-state index contributed by atoms with van der Waals surface area (Å²) < 4.78 is 38.0. The van der Waals surface area contributed by atoms with Crippen LogP contribution in [0.3, 0.4) is 0 Å². The van der Waals surface area contributed by atoms with Gasteiger partial charge in [-0.1, -0.05) is 5.16 Å². The number of carbonyl (C=O) groups excluding carboxylic acids is 3. The van der Waals surface area contributed by atoms with Crippen molar-refractivity contribution in [1.82, 2.24) is 34.8 Å². The molecule has 3 heterocycles. The molecule has 0 saturated carbocycles. The number of rotatable bonds is 9. The van der Waals surface area contributed by atoms with Crippen LogP contribution in [0.15, 0.2) is 10.5 Å². The molecular weight excluding hydrogens is 511 g/mol. The molecular formula is C13H17N10NaO8S2. The number of thiazole rings is 1. The average molecular weight is 528 g/mol. The first-order valence-corrected chi connectivity index (χ1v) is 10.9. The quantitative estimate of drug-likeness (QED) is 0.0777. The van der Waals surface area contributed by atoms with Gasteiger partial charge in [-0.15, -0.1) is 16.4 Å². The summed E-state index contributed by atoms with van der Waals surface area (Å²) >= 11 is 0.994. The Morgan fingerprint density at radius 2 is 2.15 bits per heavy atom. The Bertz CT molecular complexity index is 1220. The number of aromatic nitrogens is 5. The fourth-order valence-corrected chi connectivity index (χ4v) is 4.04. The predicted molar refractivity (Wildman–Crippen MR) is 107 cm³/mol. The predicted octanol–water partition coefficient (Wildman–Crippen LogP) is -6.12. The van der Waals surface area contributed by atoms with E-state index >= 15 is 0 Å². The first-order chi connectivity index (χ1) is 15.5. The Morgan fingerprint density at radius 1 is 1.44 bits per heavy atom. The Morgan fingerprint density at radius 3 is 2.68 bits per heavy atom. The van der Waals surface area contributed by atoms with Crippen molar-refractivity contribution in [3.05, 3.63) is 16.9 Å². The number of primary amides is 1. The largest absolute Gasteiger partial charge is 1.00 e. The van der Waals surface area contributed by atoms with Crippen molar-refractivity contribution in [1.29, 1.82) is 0 Å². The normalized spacial score (nSPS) is 18.0. The van der Waals surface area contributed by atoms with Crippen molar-refractivity contribution in [2.45, 2.75) is 18.7 Å². The van der Waals surface area contributed by atoms with E-state index in [4.69, 9.17) is 16.3 Å².